The van der Waals surface area contributed by atoms with Gasteiger partial charge in [0.05, 0.1) is 24.3 Å². The van der Waals surface area contributed by atoms with E-state index in [0.717, 1.165) is 17.3 Å². The van der Waals surface area contributed by atoms with Crippen molar-refractivity contribution in [1.29, 1.82) is 0 Å². The first-order valence-corrected chi connectivity index (χ1v) is 14.6. The van der Waals surface area contributed by atoms with Crippen LogP contribution in [-0.4, -0.2) is 48.9 Å². The van der Waals surface area contributed by atoms with Crippen molar-refractivity contribution in [1.82, 2.24) is 0 Å². The minimum absolute atomic E-state index is 0.00390. The molecule has 1 aliphatic heterocycles. The molecule has 3 aromatic carbocycles. The first-order valence-electron chi connectivity index (χ1n) is 13.1. The molecular weight excluding hydrogens is 564 g/mol. The molecule has 1 aliphatic rings. The van der Waals surface area contributed by atoms with Crippen LogP contribution in [-0.2, 0) is 19.1 Å². The summed E-state index contributed by atoms with van der Waals surface area (Å²) in [5.74, 6) is -1.26. The van der Waals surface area contributed by atoms with Gasteiger partial charge >= 0.3 is 11.9 Å². The van der Waals surface area contributed by atoms with Crippen molar-refractivity contribution in [3.63, 3.8) is 0 Å². The predicted octanol–water partition coefficient (Wildman–Crippen LogP) is 6.14. The molecule has 0 saturated carbocycles. The number of ether oxygens (including phenoxy) is 2. The quantitative estimate of drug-likeness (QED) is 0.313. The molecule has 1 N–H and O–H groups in total. The van der Waals surface area contributed by atoms with E-state index in [2.05, 4.69) is 10.1 Å². The van der Waals surface area contributed by atoms with E-state index < -0.39 is 18.0 Å². The average Bonchev–Trinajstić information content (AvgIpc) is 3.11. The zero-order valence-electron chi connectivity index (χ0n) is 23.1. The number of nitrogens with one attached hydrogen (secondary N) is 1. The summed E-state index contributed by atoms with van der Waals surface area (Å²) in [4.78, 5) is 52.2. The third-order valence-corrected chi connectivity index (χ3v) is 7.88. The van der Waals surface area contributed by atoms with Gasteiger partial charge < -0.3 is 19.7 Å². The Labute approximate surface area is 248 Å². The van der Waals surface area contributed by atoms with Gasteiger partial charge in [0.15, 0.2) is 0 Å². The van der Waals surface area contributed by atoms with E-state index >= 15 is 0 Å². The zero-order valence-corrected chi connectivity index (χ0v) is 24.6. The normalized spacial score (nSPS) is 14.4. The van der Waals surface area contributed by atoms with E-state index in [-0.39, 0.29) is 23.3 Å². The maximum atomic E-state index is 13.8. The molecule has 8 nitrogen and oxygen atoms in total. The molecule has 1 atom stereocenters. The van der Waals surface area contributed by atoms with Crippen molar-refractivity contribution in [2.24, 2.45) is 0 Å². The summed E-state index contributed by atoms with van der Waals surface area (Å²) in [5.41, 5.74) is 4.52. The Hall–Kier alpha value is -3.82. The number of hydrogen-bond acceptors (Lipinski definition) is 7. The van der Waals surface area contributed by atoms with Crippen molar-refractivity contribution in [2.75, 3.05) is 35.4 Å². The Morgan fingerprint density at radius 1 is 0.951 bits per heavy atom. The largest absolute Gasteiger partial charge is 0.468 e. The van der Waals surface area contributed by atoms with Crippen LogP contribution in [0.15, 0.2) is 60.7 Å². The van der Waals surface area contributed by atoms with Crippen molar-refractivity contribution in [3.8, 4) is 0 Å². The highest BCUT2D eigenvalue weighted by molar-refractivity contribution is 8.00. The number of anilines is 2. The van der Waals surface area contributed by atoms with Gasteiger partial charge in [-0.25, -0.2) is 0 Å². The van der Waals surface area contributed by atoms with Crippen molar-refractivity contribution in [2.45, 2.75) is 32.8 Å². The number of rotatable bonds is 8. The molecule has 0 fully saturated rings. The van der Waals surface area contributed by atoms with Crippen molar-refractivity contribution in [3.05, 3.63) is 93.5 Å². The molecule has 1 unspecified atom stereocenters. The van der Waals surface area contributed by atoms with Gasteiger partial charge in [0.25, 0.3) is 11.8 Å². The topological polar surface area (TPSA) is 102 Å². The van der Waals surface area contributed by atoms with E-state index in [0.29, 0.717) is 58.0 Å². The highest BCUT2D eigenvalue weighted by Crippen LogP contribution is 2.38. The van der Waals surface area contributed by atoms with E-state index in [1.807, 2.05) is 32.0 Å². The molecule has 4 rings (SSSR count). The second kappa shape index (κ2) is 13.7. The minimum atomic E-state index is -0.590. The van der Waals surface area contributed by atoms with E-state index in [4.69, 9.17) is 16.3 Å². The Bertz CT molecular complexity index is 1480. The summed E-state index contributed by atoms with van der Waals surface area (Å²) in [7, 11) is 1.29. The number of aryl methyl sites for hydroxylation is 2. The maximum Gasteiger partial charge on any atom is 0.316 e. The third-order valence-electron chi connectivity index (χ3n) is 6.77. The molecular formula is C31H31ClN2O6S. The summed E-state index contributed by atoms with van der Waals surface area (Å²) >= 11 is 7.43. The number of halogens is 1. The Balaban J connectivity index is 1.52. The number of nitrogens with zero attached hydrogens (tertiary/aromatic N) is 1. The molecule has 0 aromatic heterocycles. The molecule has 0 spiro atoms. The van der Waals surface area contributed by atoms with Gasteiger partial charge in [0.1, 0.15) is 6.10 Å². The van der Waals surface area contributed by atoms with Gasteiger partial charge in [-0.3, -0.25) is 19.2 Å². The molecule has 3 aromatic rings. The van der Waals surface area contributed by atoms with Gasteiger partial charge in [-0.05, 0) is 80.3 Å². The smallest absolute Gasteiger partial charge is 0.316 e. The number of hydrogen-bond donors (Lipinski definition) is 1. The van der Waals surface area contributed by atoms with Crippen LogP contribution in [0.2, 0.25) is 5.02 Å². The molecule has 0 aliphatic carbocycles. The van der Waals surface area contributed by atoms with Crippen molar-refractivity contribution < 1.29 is 28.7 Å². The number of carbonyl (C=O) groups is 4. The van der Waals surface area contributed by atoms with Gasteiger partial charge in [-0.2, -0.15) is 0 Å². The number of carbonyl (C=O) groups excluding carboxylic acids is 4. The first-order chi connectivity index (χ1) is 19.7. The summed E-state index contributed by atoms with van der Waals surface area (Å²) < 4.78 is 10.4. The molecule has 2 amide bonds. The number of fused-ring (bicyclic) bond motifs is 1. The first kappa shape index (κ1) is 30.1. The lowest BCUT2D eigenvalue weighted by Crippen LogP contribution is -2.32. The lowest BCUT2D eigenvalue weighted by molar-refractivity contribution is -0.146. The Kier molecular flexibility index (Phi) is 10.1. The summed E-state index contributed by atoms with van der Waals surface area (Å²) in [5, 5.41) is 3.37. The second-order valence-corrected chi connectivity index (χ2v) is 11.1. The number of amides is 2. The fourth-order valence-corrected chi connectivity index (χ4v) is 5.50. The minimum Gasteiger partial charge on any atom is -0.468 e. The van der Waals surface area contributed by atoms with Gasteiger partial charge in [0, 0.05) is 33.9 Å². The SMILES string of the molecule is COC(=O)CSCC(=O)OC1CCCN(C(=O)c2ccc(NC(=O)c3ccccc3C)cc2C)c2ccc(Cl)cc21. The molecule has 0 saturated heterocycles. The van der Waals surface area contributed by atoms with Gasteiger partial charge in [0.2, 0.25) is 0 Å². The molecule has 1 heterocycles. The van der Waals surface area contributed by atoms with Crippen LogP contribution in [0.5, 0.6) is 0 Å². The number of methoxy groups -OCH3 is 1. The standard InChI is InChI=1S/C31H31ClN2O6S/c1-19-7-4-5-8-23(19)30(37)33-22-11-12-24(20(2)15-22)31(38)34-14-6-9-27(25-16-21(32)10-13-26(25)34)40-29(36)18-41-17-28(35)39-3/h4-5,7-8,10-13,15-16,27H,6,9,14,17-18H2,1-3H3,(H,33,37). The monoisotopic (exact) mass is 594 g/mol. The second-order valence-electron chi connectivity index (χ2n) is 9.65. The number of esters is 2. The fraction of sp³-hybridized carbons (Fsp3) is 0.290. The number of thioether (sulfide) groups is 1. The Morgan fingerprint density at radius 2 is 1.71 bits per heavy atom. The predicted molar refractivity (Wildman–Crippen MR) is 161 cm³/mol. The van der Waals surface area contributed by atoms with Crippen LogP contribution in [0.4, 0.5) is 11.4 Å². The van der Waals surface area contributed by atoms with E-state index in [1.54, 1.807) is 47.4 Å². The zero-order chi connectivity index (χ0) is 29.5. The Morgan fingerprint density at radius 3 is 2.44 bits per heavy atom. The maximum absolute atomic E-state index is 13.8. The van der Waals surface area contributed by atoms with E-state index in [1.165, 1.54) is 7.11 Å². The summed E-state index contributed by atoms with van der Waals surface area (Å²) in [6.07, 6.45) is 0.510. The number of benzene rings is 3. The summed E-state index contributed by atoms with van der Waals surface area (Å²) in [6, 6.07) is 17.7. The molecule has 0 bridgehead atoms. The van der Waals surface area contributed by atoms with Gasteiger partial charge in [-0.1, -0.05) is 29.8 Å². The van der Waals surface area contributed by atoms with Crippen LogP contribution >= 0.6 is 23.4 Å². The molecule has 10 heteroatoms. The van der Waals surface area contributed by atoms with Crippen LogP contribution in [0.25, 0.3) is 0 Å². The molecule has 41 heavy (non-hydrogen) atoms. The van der Waals surface area contributed by atoms with Gasteiger partial charge in [-0.15, -0.1) is 11.8 Å². The lowest BCUT2D eigenvalue weighted by atomic mass is 10.0. The molecule has 214 valence electrons. The fourth-order valence-electron chi connectivity index (χ4n) is 4.70. The average molecular weight is 595 g/mol. The highest BCUT2D eigenvalue weighted by Gasteiger charge is 2.30. The molecule has 0 radical (unpaired) electrons. The van der Waals surface area contributed by atoms with Crippen molar-refractivity contribution >= 4 is 58.5 Å². The van der Waals surface area contributed by atoms with Crippen LogP contribution in [0.3, 0.4) is 0 Å². The van der Waals surface area contributed by atoms with Crippen LogP contribution in [0.1, 0.15) is 56.4 Å². The van der Waals surface area contributed by atoms with Crippen LogP contribution in [0, 0.1) is 13.8 Å². The third kappa shape index (κ3) is 7.48. The van der Waals surface area contributed by atoms with E-state index in [9.17, 15) is 19.2 Å². The van der Waals surface area contributed by atoms with Crippen LogP contribution < -0.4 is 10.2 Å². The highest BCUT2D eigenvalue weighted by atomic mass is 35.5. The summed E-state index contributed by atoms with van der Waals surface area (Å²) in [6.45, 7) is 4.13. The lowest BCUT2D eigenvalue weighted by Gasteiger charge is -2.25.